The van der Waals surface area contributed by atoms with Gasteiger partial charge in [0.2, 0.25) is 0 Å². The van der Waals surface area contributed by atoms with Crippen LogP contribution in [0, 0.1) is 5.92 Å². The lowest BCUT2D eigenvalue weighted by molar-refractivity contribution is -0.147. The van der Waals surface area contributed by atoms with Crippen molar-refractivity contribution in [2.24, 2.45) is 5.92 Å². The van der Waals surface area contributed by atoms with Gasteiger partial charge in [0.25, 0.3) is 0 Å². The molecule has 0 spiro atoms. The van der Waals surface area contributed by atoms with Gasteiger partial charge in [-0.1, -0.05) is 0 Å². The molecule has 1 unspecified atom stereocenters. The van der Waals surface area contributed by atoms with Crippen LogP contribution in [0.4, 0.5) is 0 Å². The lowest BCUT2D eigenvalue weighted by Crippen LogP contribution is -2.35. The van der Waals surface area contributed by atoms with Crippen LogP contribution in [-0.2, 0) is 24.0 Å². The molecule has 0 aliphatic heterocycles. The number of carbonyl (C=O) groups excluding carboxylic acids is 1. The SMILES string of the molecule is O=C(O)C1=CC(=O)C(C(=O)O)C(C(=O)O)=C1C(=O)O. The van der Waals surface area contributed by atoms with Gasteiger partial charge in [0.05, 0.1) is 16.7 Å². The molecule has 19 heavy (non-hydrogen) atoms. The minimum atomic E-state index is -2.24. The van der Waals surface area contributed by atoms with Crippen LogP contribution in [0.25, 0.3) is 0 Å². The van der Waals surface area contributed by atoms with Crippen molar-refractivity contribution in [2.75, 3.05) is 0 Å². The molecule has 0 aromatic carbocycles. The highest BCUT2D eigenvalue weighted by atomic mass is 16.4. The lowest BCUT2D eigenvalue weighted by Gasteiger charge is -2.18. The summed E-state index contributed by atoms with van der Waals surface area (Å²) < 4.78 is 0. The Bertz CT molecular complexity index is 578. The maximum absolute atomic E-state index is 11.4. The lowest BCUT2D eigenvalue weighted by atomic mass is 9.82. The van der Waals surface area contributed by atoms with Gasteiger partial charge in [-0.3, -0.25) is 9.59 Å². The Morgan fingerprint density at radius 1 is 0.895 bits per heavy atom. The second-order valence-electron chi connectivity index (χ2n) is 3.44. The zero-order valence-corrected chi connectivity index (χ0v) is 8.98. The molecule has 0 heterocycles. The zero-order valence-electron chi connectivity index (χ0n) is 8.98. The minimum absolute atomic E-state index is 0.303. The van der Waals surface area contributed by atoms with Gasteiger partial charge in [-0.2, -0.15) is 0 Å². The number of allylic oxidation sites excluding steroid dienone is 1. The molecule has 0 bridgehead atoms. The highest BCUT2D eigenvalue weighted by Crippen LogP contribution is 2.29. The molecule has 0 saturated carbocycles. The fourth-order valence-corrected chi connectivity index (χ4v) is 1.60. The molecule has 1 rings (SSSR count). The van der Waals surface area contributed by atoms with E-state index >= 15 is 0 Å². The number of carboxylic acids is 4. The predicted molar refractivity (Wildman–Crippen MR) is 54.1 cm³/mol. The van der Waals surface area contributed by atoms with E-state index in [4.69, 9.17) is 20.4 Å². The van der Waals surface area contributed by atoms with Gasteiger partial charge in [-0.05, 0) is 6.08 Å². The van der Waals surface area contributed by atoms with E-state index in [2.05, 4.69) is 0 Å². The van der Waals surface area contributed by atoms with Crippen molar-refractivity contribution in [3.05, 3.63) is 22.8 Å². The second-order valence-corrected chi connectivity index (χ2v) is 3.44. The molecule has 0 aromatic heterocycles. The molecule has 9 nitrogen and oxygen atoms in total. The van der Waals surface area contributed by atoms with Gasteiger partial charge in [0, 0.05) is 0 Å². The van der Waals surface area contributed by atoms with E-state index in [1.165, 1.54) is 0 Å². The molecule has 9 heteroatoms. The maximum atomic E-state index is 11.4. The van der Waals surface area contributed by atoms with E-state index in [9.17, 15) is 24.0 Å². The third kappa shape index (κ3) is 2.34. The largest absolute Gasteiger partial charge is 0.480 e. The summed E-state index contributed by atoms with van der Waals surface area (Å²) in [7, 11) is 0. The van der Waals surface area contributed by atoms with Crippen molar-refractivity contribution in [1.29, 1.82) is 0 Å². The van der Waals surface area contributed by atoms with Crippen molar-refractivity contribution >= 4 is 29.7 Å². The van der Waals surface area contributed by atoms with E-state index < -0.39 is 52.3 Å². The number of hydrogen-bond acceptors (Lipinski definition) is 5. The van der Waals surface area contributed by atoms with Gasteiger partial charge in [0.1, 0.15) is 0 Å². The quantitative estimate of drug-likeness (QED) is 0.456. The van der Waals surface area contributed by atoms with Gasteiger partial charge in [-0.25, -0.2) is 14.4 Å². The van der Waals surface area contributed by atoms with Crippen molar-refractivity contribution < 1.29 is 44.4 Å². The van der Waals surface area contributed by atoms with Crippen LogP contribution >= 0.6 is 0 Å². The highest BCUT2D eigenvalue weighted by Gasteiger charge is 2.43. The third-order valence-corrected chi connectivity index (χ3v) is 2.32. The molecule has 0 radical (unpaired) electrons. The molecule has 1 atom stereocenters. The molecule has 0 aromatic rings. The Morgan fingerprint density at radius 2 is 1.42 bits per heavy atom. The average Bonchev–Trinajstić information content (AvgIpc) is 2.25. The van der Waals surface area contributed by atoms with Crippen LogP contribution in [0.2, 0.25) is 0 Å². The maximum Gasteiger partial charge on any atom is 0.337 e. The summed E-state index contributed by atoms with van der Waals surface area (Å²) in [5.74, 6) is -11.2. The van der Waals surface area contributed by atoms with E-state index in [0.29, 0.717) is 6.08 Å². The van der Waals surface area contributed by atoms with Crippen LogP contribution in [0.5, 0.6) is 0 Å². The molecular formula is C10H6O9. The normalized spacial score (nSPS) is 18.8. The Hall–Kier alpha value is -2.97. The number of hydrogen-bond donors (Lipinski definition) is 4. The van der Waals surface area contributed by atoms with Crippen molar-refractivity contribution in [3.63, 3.8) is 0 Å². The van der Waals surface area contributed by atoms with Gasteiger partial charge >= 0.3 is 23.9 Å². The molecule has 0 fully saturated rings. The number of aliphatic carboxylic acids is 4. The number of carbonyl (C=O) groups is 5. The van der Waals surface area contributed by atoms with Gasteiger partial charge < -0.3 is 20.4 Å². The smallest absolute Gasteiger partial charge is 0.337 e. The fraction of sp³-hybridized carbons (Fsp3) is 0.100. The Balaban J connectivity index is 3.70. The number of ketones is 1. The topological polar surface area (TPSA) is 166 Å². The summed E-state index contributed by atoms with van der Waals surface area (Å²) in [6, 6.07) is 0. The van der Waals surface area contributed by atoms with E-state index in [1.54, 1.807) is 0 Å². The third-order valence-electron chi connectivity index (χ3n) is 2.32. The first-order chi connectivity index (χ1) is 8.68. The fourth-order valence-electron chi connectivity index (χ4n) is 1.60. The Morgan fingerprint density at radius 3 is 1.74 bits per heavy atom. The molecule has 0 saturated heterocycles. The summed E-state index contributed by atoms with van der Waals surface area (Å²) in [6.07, 6.45) is 0.303. The molecule has 100 valence electrons. The van der Waals surface area contributed by atoms with Crippen molar-refractivity contribution in [3.8, 4) is 0 Å². The first-order valence-corrected chi connectivity index (χ1v) is 4.61. The number of rotatable bonds is 4. The van der Waals surface area contributed by atoms with E-state index in [-0.39, 0.29) is 0 Å². The molecule has 0 amide bonds. The summed E-state index contributed by atoms with van der Waals surface area (Å²) in [6.45, 7) is 0. The van der Waals surface area contributed by atoms with Crippen molar-refractivity contribution in [1.82, 2.24) is 0 Å². The van der Waals surface area contributed by atoms with Gasteiger partial charge in [0.15, 0.2) is 11.7 Å². The van der Waals surface area contributed by atoms with Crippen molar-refractivity contribution in [2.45, 2.75) is 0 Å². The Labute approximate surface area is 104 Å². The summed E-state index contributed by atoms with van der Waals surface area (Å²) in [5, 5.41) is 35.2. The first-order valence-electron chi connectivity index (χ1n) is 4.61. The molecular weight excluding hydrogens is 264 g/mol. The summed E-state index contributed by atoms with van der Waals surface area (Å²) in [4.78, 5) is 54.9. The van der Waals surface area contributed by atoms with Crippen LogP contribution in [0.15, 0.2) is 22.8 Å². The first kappa shape index (κ1) is 14.1. The molecule has 4 N–H and O–H groups in total. The zero-order chi connectivity index (χ0) is 14.9. The van der Waals surface area contributed by atoms with Gasteiger partial charge in [-0.15, -0.1) is 0 Å². The van der Waals surface area contributed by atoms with Crippen LogP contribution in [0.1, 0.15) is 0 Å². The van der Waals surface area contributed by atoms with E-state index in [1.807, 2.05) is 0 Å². The Kier molecular flexibility index (Phi) is 3.50. The predicted octanol–water partition coefficient (Wildman–Crippen LogP) is -1.25. The summed E-state index contributed by atoms with van der Waals surface area (Å²) >= 11 is 0. The van der Waals surface area contributed by atoms with Crippen LogP contribution < -0.4 is 0 Å². The highest BCUT2D eigenvalue weighted by molar-refractivity contribution is 6.23. The minimum Gasteiger partial charge on any atom is -0.480 e. The van der Waals surface area contributed by atoms with E-state index in [0.717, 1.165) is 0 Å². The summed E-state index contributed by atoms with van der Waals surface area (Å²) in [5.41, 5.74) is -3.55. The van der Waals surface area contributed by atoms with Crippen LogP contribution in [0.3, 0.4) is 0 Å². The molecule has 1 aliphatic rings. The average molecular weight is 270 g/mol. The second kappa shape index (κ2) is 4.72. The molecule has 1 aliphatic carbocycles. The van der Waals surface area contributed by atoms with Crippen LogP contribution in [-0.4, -0.2) is 50.1 Å². The monoisotopic (exact) mass is 270 g/mol. The standard InChI is InChI=1S/C10H6O9/c11-3-1-2(7(12)13)4(8(14)15)6(10(18)19)5(3)9(16)17/h1,5H,(H,12,13)(H,14,15)(H,16,17)(H,18,19). The number of carboxylic acid groups (broad SMARTS) is 4.